The van der Waals surface area contributed by atoms with Crippen molar-refractivity contribution in [1.29, 1.82) is 0 Å². The number of piperazine rings is 1. The van der Waals surface area contributed by atoms with Crippen LogP contribution in [0.1, 0.15) is 36.8 Å². The molecule has 0 bridgehead atoms. The summed E-state index contributed by atoms with van der Waals surface area (Å²) < 4.78 is 43.5. The summed E-state index contributed by atoms with van der Waals surface area (Å²) in [5.41, 5.74) is -2.11. The molecule has 156 valence electrons. The van der Waals surface area contributed by atoms with E-state index >= 15 is 0 Å². The highest BCUT2D eigenvalue weighted by Crippen LogP contribution is 2.31. The predicted molar refractivity (Wildman–Crippen MR) is 94.0 cm³/mol. The Labute approximate surface area is 165 Å². The lowest BCUT2D eigenvalue weighted by atomic mass is 10.1. The number of amides is 2. The minimum atomic E-state index is -4.63. The molecule has 1 N–H and O–H groups in total. The SMILES string of the molecule is CC(C)(C)OC(=O)N1CCN(C(=O)c2ncc(C(F)(F)F)cc2Cl)[C@@H](CO)C1. The van der Waals surface area contributed by atoms with Crippen molar-refractivity contribution in [3.63, 3.8) is 0 Å². The largest absolute Gasteiger partial charge is 0.444 e. The molecule has 28 heavy (non-hydrogen) atoms. The Kier molecular flexibility index (Phi) is 6.44. The number of hydrogen-bond donors (Lipinski definition) is 1. The van der Waals surface area contributed by atoms with Gasteiger partial charge in [0.15, 0.2) is 0 Å². The number of hydrogen-bond acceptors (Lipinski definition) is 5. The quantitative estimate of drug-likeness (QED) is 0.791. The molecule has 2 amide bonds. The van der Waals surface area contributed by atoms with Gasteiger partial charge in [-0.3, -0.25) is 4.79 Å². The van der Waals surface area contributed by atoms with Gasteiger partial charge in [0, 0.05) is 25.8 Å². The van der Waals surface area contributed by atoms with Gasteiger partial charge in [-0.15, -0.1) is 0 Å². The van der Waals surface area contributed by atoms with E-state index in [1.807, 2.05) is 0 Å². The van der Waals surface area contributed by atoms with E-state index in [-0.39, 0.29) is 25.3 Å². The Balaban J connectivity index is 2.16. The van der Waals surface area contributed by atoms with E-state index < -0.39 is 47.0 Å². The van der Waals surface area contributed by atoms with Crippen molar-refractivity contribution in [3.05, 3.63) is 28.5 Å². The summed E-state index contributed by atoms with van der Waals surface area (Å²) in [5, 5.41) is 9.20. The molecule has 0 aliphatic carbocycles. The molecule has 0 unspecified atom stereocenters. The molecule has 7 nitrogen and oxygen atoms in total. The van der Waals surface area contributed by atoms with Crippen molar-refractivity contribution in [2.45, 2.75) is 38.6 Å². The third-order valence-electron chi connectivity index (χ3n) is 3.98. The summed E-state index contributed by atoms with van der Waals surface area (Å²) in [6.45, 7) is 4.88. The van der Waals surface area contributed by atoms with E-state index in [9.17, 15) is 27.9 Å². The Hall–Kier alpha value is -2.07. The first-order chi connectivity index (χ1) is 12.8. The minimum absolute atomic E-state index is 0.00933. The van der Waals surface area contributed by atoms with Crippen molar-refractivity contribution in [2.24, 2.45) is 0 Å². The Morgan fingerprint density at radius 2 is 1.96 bits per heavy atom. The van der Waals surface area contributed by atoms with Crippen LogP contribution in [0.15, 0.2) is 12.3 Å². The number of aromatic nitrogens is 1. The number of pyridine rings is 1. The van der Waals surface area contributed by atoms with Gasteiger partial charge in [-0.1, -0.05) is 11.6 Å². The Morgan fingerprint density at radius 3 is 2.46 bits per heavy atom. The molecule has 1 fully saturated rings. The molecule has 1 aromatic rings. The van der Waals surface area contributed by atoms with Crippen molar-refractivity contribution >= 4 is 23.6 Å². The molecule has 1 aliphatic heterocycles. The van der Waals surface area contributed by atoms with Crippen LogP contribution < -0.4 is 0 Å². The second kappa shape index (κ2) is 8.12. The minimum Gasteiger partial charge on any atom is -0.444 e. The van der Waals surface area contributed by atoms with Crippen LogP contribution in [0, 0.1) is 0 Å². The summed E-state index contributed by atoms with van der Waals surface area (Å²) in [5.74, 6) is -0.721. The maximum Gasteiger partial charge on any atom is 0.417 e. The van der Waals surface area contributed by atoms with Crippen molar-refractivity contribution in [3.8, 4) is 0 Å². The number of halogens is 4. The molecule has 0 spiro atoms. The number of aliphatic hydroxyl groups is 1. The second-order valence-electron chi connectivity index (χ2n) is 7.31. The van der Waals surface area contributed by atoms with Crippen LogP contribution in [0.25, 0.3) is 0 Å². The fourth-order valence-corrected chi connectivity index (χ4v) is 2.90. The van der Waals surface area contributed by atoms with Crippen molar-refractivity contribution in [1.82, 2.24) is 14.8 Å². The normalized spacial score (nSPS) is 18.2. The van der Waals surface area contributed by atoms with Gasteiger partial charge >= 0.3 is 12.3 Å². The van der Waals surface area contributed by atoms with Crippen molar-refractivity contribution < 1.29 is 32.6 Å². The monoisotopic (exact) mass is 423 g/mol. The number of alkyl halides is 3. The maximum absolute atomic E-state index is 12.7. The summed E-state index contributed by atoms with van der Waals surface area (Å²) in [6, 6.07) is -0.138. The first kappa shape index (κ1) is 22.2. The van der Waals surface area contributed by atoms with E-state index in [1.165, 1.54) is 9.80 Å². The lowest BCUT2D eigenvalue weighted by molar-refractivity contribution is -0.137. The van der Waals surface area contributed by atoms with E-state index in [1.54, 1.807) is 20.8 Å². The van der Waals surface area contributed by atoms with E-state index in [4.69, 9.17) is 16.3 Å². The van der Waals surface area contributed by atoms with E-state index in [2.05, 4.69) is 4.98 Å². The third kappa shape index (κ3) is 5.26. The number of aliphatic hydroxyl groups excluding tert-OH is 1. The number of carbonyl (C=O) groups is 2. The zero-order valence-electron chi connectivity index (χ0n) is 15.6. The Bertz CT molecular complexity index is 752. The summed E-state index contributed by atoms with van der Waals surface area (Å²) in [4.78, 5) is 31.1. The molecule has 2 rings (SSSR count). The molecule has 0 saturated carbocycles. The molecule has 1 aliphatic rings. The number of nitrogens with zero attached hydrogens (tertiary/aromatic N) is 3. The smallest absolute Gasteiger partial charge is 0.417 e. The fourth-order valence-electron chi connectivity index (χ4n) is 2.66. The van der Waals surface area contributed by atoms with Crippen LogP contribution in [0.4, 0.5) is 18.0 Å². The van der Waals surface area contributed by atoms with Crippen molar-refractivity contribution in [2.75, 3.05) is 26.2 Å². The predicted octanol–water partition coefficient (Wildman–Crippen LogP) is 2.81. The highest BCUT2D eigenvalue weighted by molar-refractivity contribution is 6.33. The summed E-state index contributed by atoms with van der Waals surface area (Å²) in [7, 11) is 0. The topological polar surface area (TPSA) is 83.0 Å². The maximum atomic E-state index is 12.7. The molecule has 0 radical (unpaired) electrons. The van der Waals surface area contributed by atoms with E-state index in [0.29, 0.717) is 12.3 Å². The zero-order chi connectivity index (χ0) is 21.3. The van der Waals surface area contributed by atoms with Gasteiger partial charge in [0.2, 0.25) is 0 Å². The lowest BCUT2D eigenvalue weighted by Gasteiger charge is -2.40. The second-order valence-corrected chi connectivity index (χ2v) is 7.72. The van der Waals surface area contributed by atoms with E-state index in [0.717, 1.165) is 0 Å². The van der Waals surface area contributed by atoms with Gasteiger partial charge in [-0.2, -0.15) is 13.2 Å². The zero-order valence-corrected chi connectivity index (χ0v) is 16.3. The van der Waals surface area contributed by atoms with Gasteiger partial charge < -0.3 is 19.6 Å². The molecule has 11 heteroatoms. The van der Waals surface area contributed by atoms with Gasteiger partial charge in [0.05, 0.1) is 23.2 Å². The average molecular weight is 424 g/mol. The van der Waals surface area contributed by atoms with Crippen LogP contribution >= 0.6 is 11.6 Å². The highest BCUT2D eigenvalue weighted by Gasteiger charge is 2.37. The molecule has 1 aromatic heterocycles. The fraction of sp³-hybridized carbons (Fsp3) is 0.588. The summed E-state index contributed by atoms with van der Waals surface area (Å²) in [6.07, 6.45) is -4.68. The van der Waals surface area contributed by atoms with Crippen LogP contribution in [-0.2, 0) is 10.9 Å². The van der Waals surface area contributed by atoms with Gasteiger partial charge in [-0.05, 0) is 26.8 Å². The van der Waals surface area contributed by atoms with Crippen LogP contribution in [0.3, 0.4) is 0 Å². The van der Waals surface area contributed by atoms with Gasteiger partial charge in [0.1, 0.15) is 11.3 Å². The van der Waals surface area contributed by atoms with Gasteiger partial charge in [-0.25, -0.2) is 9.78 Å². The van der Waals surface area contributed by atoms with Crippen LogP contribution in [0.5, 0.6) is 0 Å². The Morgan fingerprint density at radius 1 is 1.32 bits per heavy atom. The van der Waals surface area contributed by atoms with Crippen LogP contribution in [0.2, 0.25) is 5.02 Å². The first-order valence-corrected chi connectivity index (χ1v) is 8.84. The third-order valence-corrected chi connectivity index (χ3v) is 4.27. The molecule has 1 atom stereocenters. The first-order valence-electron chi connectivity index (χ1n) is 8.46. The molecule has 1 saturated heterocycles. The number of ether oxygens (including phenoxy) is 1. The highest BCUT2D eigenvalue weighted by atomic mass is 35.5. The standard InChI is InChI=1S/C17H21ClF3N3O4/c1-16(2,3)28-15(27)23-4-5-24(11(8-23)9-25)14(26)13-12(18)6-10(7-22-13)17(19,20)21/h6-7,11,25H,4-5,8-9H2,1-3H3/t11-/m1/s1. The molecular weight excluding hydrogens is 403 g/mol. The number of rotatable bonds is 2. The molecule has 0 aromatic carbocycles. The lowest BCUT2D eigenvalue weighted by Crippen LogP contribution is -2.58. The van der Waals surface area contributed by atoms with Gasteiger partial charge in [0.25, 0.3) is 5.91 Å². The number of carbonyl (C=O) groups excluding carboxylic acids is 2. The molecule has 2 heterocycles. The average Bonchev–Trinajstić information content (AvgIpc) is 2.58. The summed E-state index contributed by atoms with van der Waals surface area (Å²) >= 11 is 5.84. The van der Waals surface area contributed by atoms with Crippen LogP contribution in [-0.4, -0.2) is 69.8 Å². The molecular formula is C17H21ClF3N3O4.